The van der Waals surface area contributed by atoms with Crippen molar-refractivity contribution in [3.8, 4) is 0 Å². The van der Waals surface area contributed by atoms with Gasteiger partial charge in [-0.15, -0.1) is 0 Å². The summed E-state index contributed by atoms with van der Waals surface area (Å²) in [5.74, 6) is -1.46. The van der Waals surface area contributed by atoms with Gasteiger partial charge >= 0.3 is 0 Å². The molecule has 0 fully saturated rings. The highest BCUT2D eigenvalue weighted by Gasteiger charge is 2.22. The summed E-state index contributed by atoms with van der Waals surface area (Å²) in [6, 6.07) is 3.01. The van der Waals surface area contributed by atoms with E-state index >= 15 is 0 Å². The van der Waals surface area contributed by atoms with Crippen LogP contribution in [0.4, 0.5) is 8.78 Å². The Labute approximate surface area is 93.2 Å². The molecule has 88 valence electrons. The Morgan fingerprint density at radius 2 is 2.06 bits per heavy atom. The number of carbonyl (C=O) groups is 1. The van der Waals surface area contributed by atoms with Crippen molar-refractivity contribution in [1.82, 2.24) is 0 Å². The summed E-state index contributed by atoms with van der Waals surface area (Å²) >= 11 is 0. The van der Waals surface area contributed by atoms with Gasteiger partial charge in [-0.05, 0) is 25.1 Å². The fourth-order valence-electron chi connectivity index (χ4n) is 1.42. The zero-order valence-corrected chi connectivity index (χ0v) is 9.30. The zero-order valence-electron chi connectivity index (χ0n) is 9.30. The number of hydrogen-bond donors (Lipinski definition) is 0. The molecule has 1 unspecified atom stereocenters. The van der Waals surface area contributed by atoms with Crippen LogP contribution >= 0.6 is 0 Å². The minimum absolute atomic E-state index is 0.0336. The van der Waals surface area contributed by atoms with E-state index in [1.165, 1.54) is 0 Å². The second-order valence-electron chi connectivity index (χ2n) is 3.32. The minimum Gasteiger partial charge on any atom is -0.366 e. The number of hydrogen-bond acceptors (Lipinski definition) is 2. The summed E-state index contributed by atoms with van der Waals surface area (Å²) in [5, 5.41) is 0. The fourth-order valence-corrected chi connectivity index (χ4v) is 1.42. The molecule has 0 heterocycles. The first kappa shape index (κ1) is 12.8. The predicted molar refractivity (Wildman–Crippen MR) is 56.0 cm³/mol. The molecule has 0 aliphatic rings. The molecule has 0 amide bonds. The molecule has 0 aromatic heterocycles. The molecule has 0 bridgehead atoms. The summed E-state index contributed by atoms with van der Waals surface area (Å²) in [5.41, 5.74) is -0.0336. The number of carbonyl (C=O) groups excluding carboxylic acids is 1. The quantitative estimate of drug-likeness (QED) is 0.774. The Hall–Kier alpha value is -1.29. The summed E-state index contributed by atoms with van der Waals surface area (Å²) in [6.07, 6.45) is -0.786. The van der Waals surface area contributed by atoms with Crippen LogP contribution in [0.15, 0.2) is 18.2 Å². The summed E-state index contributed by atoms with van der Waals surface area (Å²) < 4.78 is 31.6. The average Bonchev–Trinajstić information content (AvgIpc) is 2.28. The maximum Gasteiger partial charge on any atom is 0.165 e. The van der Waals surface area contributed by atoms with Gasteiger partial charge in [0.15, 0.2) is 5.78 Å². The van der Waals surface area contributed by atoms with Crippen molar-refractivity contribution in [1.29, 1.82) is 0 Å². The fraction of sp³-hybridized carbons (Fsp3) is 0.417. The van der Waals surface area contributed by atoms with E-state index in [4.69, 9.17) is 4.74 Å². The Balaban J connectivity index is 3.09. The van der Waals surface area contributed by atoms with Crippen molar-refractivity contribution < 1.29 is 18.3 Å². The molecule has 1 atom stereocenters. The Morgan fingerprint density at radius 3 is 2.62 bits per heavy atom. The van der Waals surface area contributed by atoms with E-state index in [1.807, 2.05) is 0 Å². The number of benzene rings is 1. The van der Waals surface area contributed by atoms with Crippen LogP contribution in [0.25, 0.3) is 0 Å². The van der Waals surface area contributed by atoms with Gasteiger partial charge in [0, 0.05) is 18.6 Å². The van der Waals surface area contributed by atoms with E-state index in [2.05, 4.69) is 0 Å². The number of halogens is 2. The molecule has 0 aliphatic heterocycles. The van der Waals surface area contributed by atoms with Crippen LogP contribution in [0.5, 0.6) is 0 Å². The van der Waals surface area contributed by atoms with Crippen LogP contribution in [0.3, 0.4) is 0 Å². The van der Waals surface area contributed by atoms with Gasteiger partial charge in [0.05, 0.1) is 0 Å². The predicted octanol–water partition coefficient (Wildman–Crippen LogP) is 3.02. The topological polar surface area (TPSA) is 26.3 Å². The maximum absolute atomic E-state index is 13.4. The van der Waals surface area contributed by atoms with Crippen molar-refractivity contribution in [2.45, 2.75) is 26.4 Å². The van der Waals surface area contributed by atoms with E-state index in [0.717, 1.165) is 18.2 Å². The molecule has 0 saturated carbocycles. The first-order valence-corrected chi connectivity index (χ1v) is 5.19. The van der Waals surface area contributed by atoms with Gasteiger partial charge in [-0.1, -0.05) is 6.92 Å². The lowest BCUT2D eigenvalue weighted by Gasteiger charge is -2.16. The van der Waals surface area contributed by atoms with Crippen molar-refractivity contribution in [2.24, 2.45) is 0 Å². The molecule has 0 spiro atoms. The van der Waals surface area contributed by atoms with Crippen LogP contribution in [-0.4, -0.2) is 12.4 Å². The molecular weight excluding hydrogens is 214 g/mol. The van der Waals surface area contributed by atoms with Gasteiger partial charge in [0.2, 0.25) is 0 Å². The van der Waals surface area contributed by atoms with Gasteiger partial charge in [-0.25, -0.2) is 8.78 Å². The van der Waals surface area contributed by atoms with Gasteiger partial charge in [-0.2, -0.15) is 0 Å². The molecule has 4 heteroatoms. The molecule has 1 rings (SSSR count). The van der Waals surface area contributed by atoms with Crippen molar-refractivity contribution in [3.05, 3.63) is 35.4 Å². The van der Waals surface area contributed by atoms with Crippen LogP contribution in [0.1, 0.15) is 31.9 Å². The largest absolute Gasteiger partial charge is 0.366 e. The van der Waals surface area contributed by atoms with Crippen LogP contribution < -0.4 is 0 Å². The van der Waals surface area contributed by atoms with E-state index in [1.54, 1.807) is 13.8 Å². The average molecular weight is 228 g/mol. The van der Waals surface area contributed by atoms with E-state index in [-0.39, 0.29) is 24.4 Å². The Morgan fingerprint density at radius 1 is 1.38 bits per heavy atom. The molecule has 1 aromatic carbocycles. The SMILES string of the molecule is CCOC(C(=O)CC)c1cc(F)ccc1F. The van der Waals surface area contributed by atoms with Crippen LogP contribution in [0, 0.1) is 11.6 Å². The number of ketones is 1. The molecule has 0 radical (unpaired) electrons. The van der Waals surface area contributed by atoms with Gasteiger partial charge in [0.1, 0.15) is 17.7 Å². The lowest BCUT2D eigenvalue weighted by molar-refractivity contribution is -0.130. The van der Waals surface area contributed by atoms with E-state index in [0.29, 0.717) is 0 Å². The molecule has 0 aliphatic carbocycles. The monoisotopic (exact) mass is 228 g/mol. The maximum atomic E-state index is 13.4. The minimum atomic E-state index is -1.01. The van der Waals surface area contributed by atoms with Gasteiger partial charge < -0.3 is 4.74 Å². The number of Topliss-reactive ketones (excluding diaryl/α,β-unsaturated/α-hetero) is 1. The lowest BCUT2D eigenvalue weighted by atomic mass is 10.0. The van der Waals surface area contributed by atoms with Crippen molar-refractivity contribution >= 4 is 5.78 Å². The Bertz CT molecular complexity index is 377. The number of ether oxygens (including phenoxy) is 1. The molecular formula is C12H14F2O2. The van der Waals surface area contributed by atoms with Crippen LogP contribution in [-0.2, 0) is 9.53 Å². The lowest BCUT2D eigenvalue weighted by Crippen LogP contribution is -2.16. The zero-order chi connectivity index (χ0) is 12.1. The van der Waals surface area contributed by atoms with Gasteiger partial charge in [0.25, 0.3) is 0 Å². The van der Waals surface area contributed by atoms with E-state index in [9.17, 15) is 13.6 Å². The standard InChI is InChI=1S/C12H14F2O2/c1-3-11(15)12(16-4-2)9-7-8(13)5-6-10(9)14/h5-7,12H,3-4H2,1-2H3. The normalized spacial score (nSPS) is 12.5. The van der Waals surface area contributed by atoms with Gasteiger partial charge in [-0.3, -0.25) is 4.79 Å². The first-order valence-electron chi connectivity index (χ1n) is 5.19. The van der Waals surface area contributed by atoms with Crippen LogP contribution in [0.2, 0.25) is 0 Å². The van der Waals surface area contributed by atoms with E-state index < -0.39 is 17.7 Å². The smallest absolute Gasteiger partial charge is 0.165 e. The highest BCUT2D eigenvalue weighted by atomic mass is 19.1. The molecule has 2 nitrogen and oxygen atoms in total. The third-order valence-corrected chi connectivity index (χ3v) is 2.21. The summed E-state index contributed by atoms with van der Waals surface area (Å²) in [6.45, 7) is 3.63. The first-order chi connectivity index (χ1) is 7.60. The van der Waals surface area contributed by atoms with Crippen molar-refractivity contribution in [2.75, 3.05) is 6.61 Å². The highest BCUT2D eigenvalue weighted by molar-refractivity contribution is 5.84. The second-order valence-corrected chi connectivity index (χ2v) is 3.32. The third kappa shape index (κ3) is 2.85. The molecule has 0 saturated heterocycles. The molecule has 16 heavy (non-hydrogen) atoms. The molecule has 1 aromatic rings. The van der Waals surface area contributed by atoms with Crippen molar-refractivity contribution in [3.63, 3.8) is 0 Å². The highest BCUT2D eigenvalue weighted by Crippen LogP contribution is 2.23. The summed E-state index contributed by atoms with van der Waals surface area (Å²) in [7, 11) is 0. The molecule has 0 N–H and O–H groups in total. The summed E-state index contributed by atoms with van der Waals surface area (Å²) in [4.78, 5) is 11.6. The third-order valence-electron chi connectivity index (χ3n) is 2.21. The second kappa shape index (κ2) is 5.70. The Kier molecular flexibility index (Phi) is 4.55. The number of rotatable bonds is 5.